The Labute approximate surface area is 244 Å². The van der Waals surface area contributed by atoms with E-state index in [0.29, 0.717) is 36.4 Å². The smallest absolute Gasteiger partial charge is 0.338 e. The average molecular weight is 670 g/mol. The number of phenolic OH excluding ortho intramolecular Hbond substituents is 1. The molecule has 0 spiro atoms. The van der Waals surface area contributed by atoms with Crippen molar-refractivity contribution >= 4 is 60.9 Å². The number of rotatable bonds is 6. The van der Waals surface area contributed by atoms with Gasteiger partial charge in [0.05, 0.1) is 40.0 Å². The Morgan fingerprint density at radius 2 is 1.90 bits per heavy atom. The highest BCUT2D eigenvalue weighted by atomic mass is 79.9. The molecule has 0 unspecified atom stereocenters. The highest BCUT2D eigenvalue weighted by Crippen LogP contribution is 2.36. The fourth-order valence-electron chi connectivity index (χ4n) is 4.40. The van der Waals surface area contributed by atoms with E-state index in [2.05, 4.69) is 31.9 Å². The van der Waals surface area contributed by atoms with Crippen molar-refractivity contribution in [3.63, 3.8) is 0 Å². The van der Waals surface area contributed by atoms with Crippen molar-refractivity contribution in [1.29, 1.82) is 0 Å². The molecule has 10 heteroatoms. The molecule has 0 radical (unpaired) electrons. The van der Waals surface area contributed by atoms with Gasteiger partial charge in [0, 0.05) is 15.6 Å². The van der Waals surface area contributed by atoms with E-state index in [1.165, 1.54) is 15.9 Å². The second-order valence-electron chi connectivity index (χ2n) is 8.53. The minimum Gasteiger partial charge on any atom is -0.506 e. The normalized spacial score (nSPS) is 15.1. The molecule has 1 aliphatic heterocycles. The summed E-state index contributed by atoms with van der Waals surface area (Å²) in [4.78, 5) is 32.7. The molecule has 1 aliphatic rings. The van der Waals surface area contributed by atoms with Crippen LogP contribution in [0, 0.1) is 0 Å². The number of esters is 1. The van der Waals surface area contributed by atoms with Gasteiger partial charge in [0.2, 0.25) is 0 Å². The van der Waals surface area contributed by atoms with E-state index < -0.39 is 12.0 Å². The standard InChI is InChI=1S/C29H22Br2N2O5S/c1-3-38-28(36)23-24(16-8-5-4-6-9-16)32-29-33(25(23)17-10-7-11-20(13-17)37-2)27(35)22(39-29)14-18-12-19(30)15-21(31)26(18)34/h4-15,25,34H,3H2,1-2H3/b22-14-/t25-/m1/s1. The third-order valence-corrected chi connectivity index (χ3v) is 8.17. The summed E-state index contributed by atoms with van der Waals surface area (Å²) >= 11 is 7.96. The van der Waals surface area contributed by atoms with Crippen molar-refractivity contribution in [3.8, 4) is 11.5 Å². The summed E-state index contributed by atoms with van der Waals surface area (Å²) in [5.41, 5.74) is 2.18. The number of methoxy groups -OCH3 is 1. The lowest BCUT2D eigenvalue weighted by molar-refractivity contribution is -0.138. The van der Waals surface area contributed by atoms with Crippen molar-refractivity contribution in [2.24, 2.45) is 4.99 Å². The largest absolute Gasteiger partial charge is 0.506 e. The van der Waals surface area contributed by atoms with E-state index in [1.54, 1.807) is 44.4 Å². The molecule has 1 atom stereocenters. The number of nitrogens with zero attached hydrogens (tertiary/aromatic N) is 2. The predicted molar refractivity (Wildman–Crippen MR) is 158 cm³/mol. The number of aromatic nitrogens is 1. The van der Waals surface area contributed by atoms with Gasteiger partial charge in [-0.1, -0.05) is 69.7 Å². The summed E-state index contributed by atoms with van der Waals surface area (Å²) in [7, 11) is 1.56. The molecule has 1 N–H and O–H groups in total. The Balaban J connectivity index is 1.86. The zero-order valence-electron chi connectivity index (χ0n) is 20.9. The maximum atomic E-state index is 14.0. The van der Waals surface area contributed by atoms with Gasteiger partial charge in [-0.25, -0.2) is 9.79 Å². The van der Waals surface area contributed by atoms with Crippen LogP contribution < -0.4 is 19.6 Å². The summed E-state index contributed by atoms with van der Waals surface area (Å²) < 4.78 is 14.0. The van der Waals surface area contributed by atoms with Crippen molar-refractivity contribution in [1.82, 2.24) is 4.57 Å². The van der Waals surface area contributed by atoms with Gasteiger partial charge in [0.25, 0.3) is 5.56 Å². The number of halogens is 2. The van der Waals surface area contributed by atoms with Crippen LogP contribution in [0.5, 0.6) is 11.5 Å². The molecule has 0 saturated heterocycles. The number of ether oxygens (including phenoxy) is 2. The molecule has 0 saturated carbocycles. The van der Waals surface area contributed by atoms with Crippen LogP contribution in [0.4, 0.5) is 0 Å². The molecular formula is C29H22Br2N2O5S. The minimum absolute atomic E-state index is 0.00516. The number of aromatic hydroxyl groups is 1. The SMILES string of the molecule is CCOC(=O)C1=C(c2ccccc2)N=c2s/c(=C\c3cc(Br)cc(Br)c3O)c(=O)n2[C@@H]1c1cccc(OC)c1. The first-order valence-corrected chi connectivity index (χ1v) is 14.3. The van der Waals surface area contributed by atoms with Crippen LogP contribution in [-0.2, 0) is 9.53 Å². The highest BCUT2D eigenvalue weighted by molar-refractivity contribution is 9.11. The Hall–Kier alpha value is -3.47. The van der Waals surface area contributed by atoms with Crippen LogP contribution in [0.2, 0.25) is 0 Å². The number of benzene rings is 3. The molecule has 198 valence electrons. The number of carbonyl (C=O) groups is 1. The van der Waals surface area contributed by atoms with Crippen LogP contribution >= 0.6 is 43.2 Å². The molecule has 3 aromatic carbocycles. The summed E-state index contributed by atoms with van der Waals surface area (Å²) in [6.45, 7) is 1.90. The summed E-state index contributed by atoms with van der Waals surface area (Å²) in [6.07, 6.45) is 1.62. The lowest BCUT2D eigenvalue weighted by atomic mass is 9.93. The Bertz CT molecular complexity index is 1790. The number of phenols is 1. The molecule has 0 amide bonds. The first-order valence-electron chi connectivity index (χ1n) is 11.9. The van der Waals surface area contributed by atoms with Crippen molar-refractivity contribution in [2.75, 3.05) is 13.7 Å². The summed E-state index contributed by atoms with van der Waals surface area (Å²) in [5.74, 6) is 0.0290. The molecule has 0 aliphatic carbocycles. The molecule has 39 heavy (non-hydrogen) atoms. The third kappa shape index (κ3) is 5.24. The van der Waals surface area contributed by atoms with E-state index >= 15 is 0 Å². The lowest BCUT2D eigenvalue weighted by Gasteiger charge is -2.26. The second kappa shape index (κ2) is 11.3. The van der Waals surface area contributed by atoms with Crippen LogP contribution in [0.25, 0.3) is 11.8 Å². The van der Waals surface area contributed by atoms with Gasteiger partial charge >= 0.3 is 5.97 Å². The molecule has 5 rings (SSSR count). The van der Waals surface area contributed by atoms with Crippen LogP contribution in [0.15, 0.2) is 91.0 Å². The molecule has 1 aromatic heterocycles. The first kappa shape index (κ1) is 27.1. The number of thiazole rings is 1. The zero-order valence-corrected chi connectivity index (χ0v) is 24.8. The Morgan fingerprint density at radius 3 is 2.62 bits per heavy atom. The number of hydrogen-bond acceptors (Lipinski definition) is 7. The van der Waals surface area contributed by atoms with Gasteiger partial charge in [-0.2, -0.15) is 0 Å². The van der Waals surface area contributed by atoms with Gasteiger partial charge in [0.1, 0.15) is 11.5 Å². The van der Waals surface area contributed by atoms with Gasteiger partial charge < -0.3 is 14.6 Å². The lowest BCUT2D eigenvalue weighted by Crippen LogP contribution is -2.40. The van der Waals surface area contributed by atoms with E-state index in [0.717, 1.165) is 10.0 Å². The Kier molecular flexibility index (Phi) is 7.88. The summed E-state index contributed by atoms with van der Waals surface area (Å²) in [5, 5.41) is 10.6. The zero-order chi connectivity index (χ0) is 27.7. The number of hydrogen-bond donors (Lipinski definition) is 1. The quantitative estimate of drug-likeness (QED) is 0.286. The van der Waals surface area contributed by atoms with E-state index in [-0.39, 0.29) is 23.5 Å². The molecule has 4 aromatic rings. The fraction of sp³-hybridized carbons (Fsp3) is 0.138. The van der Waals surface area contributed by atoms with Crippen LogP contribution in [0.3, 0.4) is 0 Å². The van der Waals surface area contributed by atoms with Crippen molar-refractivity contribution < 1.29 is 19.4 Å². The van der Waals surface area contributed by atoms with Crippen LogP contribution in [-0.4, -0.2) is 29.4 Å². The maximum Gasteiger partial charge on any atom is 0.338 e. The number of fused-ring (bicyclic) bond motifs is 1. The van der Waals surface area contributed by atoms with E-state index in [1.807, 2.05) is 42.5 Å². The molecular weight excluding hydrogens is 648 g/mol. The van der Waals surface area contributed by atoms with Crippen LogP contribution in [0.1, 0.15) is 29.7 Å². The van der Waals surface area contributed by atoms with Gasteiger partial charge in [-0.15, -0.1) is 0 Å². The second-order valence-corrected chi connectivity index (χ2v) is 11.3. The highest BCUT2D eigenvalue weighted by Gasteiger charge is 2.35. The van der Waals surface area contributed by atoms with E-state index in [9.17, 15) is 14.7 Å². The molecule has 0 bridgehead atoms. The summed E-state index contributed by atoms with van der Waals surface area (Å²) in [6, 6.07) is 19.2. The van der Waals surface area contributed by atoms with Crippen molar-refractivity contribution in [2.45, 2.75) is 13.0 Å². The molecule has 2 heterocycles. The van der Waals surface area contributed by atoms with Gasteiger partial charge in [-0.3, -0.25) is 9.36 Å². The predicted octanol–water partition coefficient (Wildman–Crippen LogP) is 5.17. The average Bonchev–Trinajstić information content (AvgIpc) is 3.25. The Morgan fingerprint density at radius 1 is 1.13 bits per heavy atom. The van der Waals surface area contributed by atoms with Crippen molar-refractivity contribution in [3.05, 3.63) is 118 Å². The third-order valence-electron chi connectivity index (χ3n) is 6.13. The minimum atomic E-state index is -0.824. The first-order chi connectivity index (χ1) is 18.8. The topological polar surface area (TPSA) is 90.1 Å². The van der Waals surface area contributed by atoms with Gasteiger partial charge in [0.15, 0.2) is 4.80 Å². The molecule has 7 nitrogen and oxygen atoms in total. The monoisotopic (exact) mass is 668 g/mol. The number of carbonyl (C=O) groups excluding carboxylic acids is 1. The fourth-order valence-corrected chi connectivity index (χ4v) is 6.65. The van der Waals surface area contributed by atoms with E-state index in [4.69, 9.17) is 14.5 Å². The molecule has 0 fully saturated rings. The maximum absolute atomic E-state index is 14.0. The van der Waals surface area contributed by atoms with Gasteiger partial charge in [-0.05, 0) is 58.8 Å².